The van der Waals surface area contributed by atoms with E-state index in [2.05, 4.69) is 18.7 Å². The largest absolute Gasteiger partial charge is 0.387 e. The smallest absolute Gasteiger partial charge is 0.0963 e. The molecule has 0 aliphatic heterocycles. The Morgan fingerprint density at radius 3 is 2.42 bits per heavy atom. The summed E-state index contributed by atoms with van der Waals surface area (Å²) < 4.78 is 5.17. The molecular weight excluding hydrogens is 238 g/mol. The third-order valence-electron chi connectivity index (χ3n) is 4.02. The standard InChI is InChI=1S/C15H33N3O/c1-6-13(2)18(11-12-19-5)10-8-7-9-15(3,4)14(16)17/h13H,6-12H2,1-5H3,(H3,16,17). The first-order valence-electron chi connectivity index (χ1n) is 7.42. The van der Waals surface area contributed by atoms with Gasteiger partial charge in [-0.3, -0.25) is 10.3 Å². The van der Waals surface area contributed by atoms with Crippen LogP contribution < -0.4 is 5.73 Å². The number of nitrogens with zero attached hydrogens (tertiary/aromatic N) is 1. The van der Waals surface area contributed by atoms with Gasteiger partial charge in [-0.1, -0.05) is 27.2 Å². The van der Waals surface area contributed by atoms with Crippen LogP contribution >= 0.6 is 0 Å². The number of methoxy groups -OCH3 is 1. The van der Waals surface area contributed by atoms with E-state index in [-0.39, 0.29) is 5.41 Å². The van der Waals surface area contributed by atoms with E-state index in [4.69, 9.17) is 15.9 Å². The van der Waals surface area contributed by atoms with Crippen LogP contribution in [0.15, 0.2) is 0 Å². The van der Waals surface area contributed by atoms with Gasteiger partial charge in [-0.05, 0) is 32.7 Å². The van der Waals surface area contributed by atoms with Gasteiger partial charge >= 0.3 is 0 Å². The van der Waals surface area contributed by atoms with Crippen LogP contribution in [0.4, 0.5) is 0 Å². The predicted molar refractivity (Wildman–Crippen MR) is 82.7 cm³/mol. The molecule has 0 spiro atoms. The van der Waals surface area contributed by atoms with Gasteiger partial charge in [0.1, 0.15) is 0 Å². The highest BCUT2D eigenvalue weighted by atomic mass is 16.5. The second-order valence-corrected chi connectivity index (χ2v) is 6.04. The van der Waals surface area contributed by atoms with E-state index in [0.29, 0.717) is 11.9 Å². The van der Waals surface area contributed by atoms with Gasteiger partial charge in [-0.25, -0.2) is 0 Å². The molecule has 114 valence electrons. The molecule has 0 rings (SSSR count). The molecule has 4 nitrogen and oxygen atoms in total. The van der Waals surface area contributed by atoms with E-state index < -0.39 is 0 Å². The highest BCUT2D eigenvalue weighted by Gasteiger charge is 2.21. The molecular formula is C15H33N3O. The Bertz CT molecular complexity index is 254. The fourth-order valence-corrected chi connectivity index (χ4v) is 2.04. The maximum atomic E-state index is 7.56. The maximum absolute atomic E-state index is 7.56. The summed E-state index contributed by atoms with van der Waals surface area (Å²) >= 11 is 0. The zero-order valence-electron chi connectivity index (χ0n) is 13.5. The first-order valence-corrected chi connectivity index (χ1v) is 7.42. The molecule has 4 heteroatoms. The van der Waals surface area contributed by atoms with E-state index in [9.17, 15) is 0 Å². The minimum absolute atomic E-state index is 0.159. The molecule has 0 fully saturated rings. The molecule has 0 saturated heterocycles. The van der Waals surface area contributed by atoms with Crippen molar-refractivity contribution in [1.29, 1.82) is 5.41 Å². The Balaban J connectivity index is 4.02. The first kappa shape index (κ1) is 18.4. The van der Waals surface area contributed by atoms with E-state index in [1.165, 1.54) is 6.42 Å². The zero-order chi connectivity index (χ0) is 14.9. The molecule has 1 unspecified atom stereocenters. The van der Waals surface area contributed by atoms with Crippen LogP contribution in [0.3, 0.4) is 0 Å². The normalized spacial score (nSPS) is 13.8. The summed E-state index contributed by atoms with van der Waals surface area (Å²) in [6.07, 6.45) is 4.43. The number of ether oxygens (including phenoxy) is 1. The van der Waals surface area contributed by atoms with Crippen molar-refractivity contribution in [1.82, 2.24) is 4.90 Å². The second-order valence-electron chi connectivity index (χ2n) is 6.04. The summed E-state index contributed by atoms with van der Waals surface area (Å²) in [5.41, 5.74) is 5.45. The van der Waals surface area contributed by atoms with E-state index in [0.717, 1.165) is 39.0 Å². The Morgan fingerprint density at radius 1 is 1.32 bits per heavy atom. The lowest BCUT2D eigenvalue weighted by Crippen LogP contribution is -2.36. The highest BCUT2D eigenvalue weighted by molar-refractivity contribution is 5.82. The average molecular weight is 271 g/mol. The van der Waals surface area contributed by atoms with Crippen LogP contribution in [0.1, 0.15) is 53.4 Å². The van der Waals surface area contributed by atoms with Crippen molar-refractivity contribution in [2.75, 3.05) is 26.8 Å². The van der Waals surface area contributed by atoms with Gasteiger partial charge in [0, 0.05) is 25.1 Å². The third-order valence-corrected chi connectivity index (χ3v) is 4.02. The number of unbranched alkanes of at least 4 members (excludes halogenated alkanes) is 1. The van der Waals surface area contributed by atoms with Gasteiger partial charge in [0.05, 0.1) is 12.4 Å². The molecule has 0 saturated carbocycles. The Hall–Kier alpha value is -0.610. The number of nitrogens with two attached hydrogens (primary N) is 1. The highest BCUT2D eigenvalue weighted by Crippen LogP contribution is 2.22. The molecule has 1 atom stereocenters. The summed E-state index contributed by atoms with van der Waals surface area (Å²) in [7, 11) is 1.75. The second kappa shape index (κ2) is 9.32. The molecule has 0 aromatic heterocycles. The van der Waals surface area contributed by atoms with Crippen molar-refractivity contribution in [2.45, 2.75) is 59.4 Å². The molecule has 0 amide bonds. The molecule has 0 radical (unpaired) electrons. The van der Waals surface area contributed by atoms with Crippen LogP contribution in [0.25, 0.3) is 0 Å². The van der Waals surface area contributed by atoms with Gasteiger partial charge < -0.3 is 10.5 Å². The molecule has 0 aliphatic rings. The van der Waals surface area contributed by atoms with Crippen LogP contribution in [0.2, 0.25) is 0 Å². The molecule has 3 N–H and O–H groups in total. The Morgan fingerprint density at radius 2 is 1.95 bits per heavy atom. The van der Waals surface area contributed by atoms with Crippen molar-refractivity contribution in [3.63, 3.8) is 0 Å². The van der Waals surface area contributed by atoms with Crippen LogP contribution in [0.5, 0.6) is 0 Å². The van der Waals surface area contributed by atoms with E-state index in [1.807, 2.05) is 13.8 Å². The first-order chi connectivity index (χ1) is 8.85. The lowest BCUT2D eigenvalue weighted by molar-refractivity contribution is 0.121. The summed E-state index contributed by atoms with van der Waals surface area (Å²) in [5, 5.41) is 7.56. The van der Waals surface area contributed by atoms with Crippen LogP contribution in [-0.2, 0) is 4.74 Å². The van der Waals surface area contributed by atoms with Gasteiger partial charge in [0.15, 0.2) is 0 Å². The van der Waals surface area contributed by atoms with Gasteiger partial charge in [-0.2, -0.15) is 0 Å². The summed E-state index contributed by atoms with van der Waals surface area (Å²) in [6, 6.07) is 0.607. The quantitative estimate of drug-likeness (QED) is 0.345. The number of nitrogens with one attached hydrogen (secondary N) is 1. The van der Waals surface area contributed by atoms with Crippen LogP contribution in [0, 0.1) is 10.8 Å². The third kappa shape index (κ3) is 7.53. The van der Waals surface area contributed by atoms with E-state index >= 15 is 0 Å². The summed E-state index contributed by atoms with van der Waals surface area (Å²) in [4.78, 5) is 2.49. The van der Waals surface area contributed by atoms with Crippen molar-refractivity contribution in [3.8, 4) is 0 Å². The van der Waals surface area contributed by atoms with Crippen molar-refractivity contribution < 1.29 is 4.74 Å². The average Bonchev–Trinajstić information content (AvgIpc) is 2.36. The fraction of sp³-hybridized carbons (Fsp3) is 0.933. The predicted octanol–water partition coefficient (Wildman–Crippen LogP) is 2.87. The monoisotopic (exact) mass is 271 g/mol. The molecule has 0 heterocycles. The van der Waals surface area contributed by atoms with Crippen molar-refractivity contribution in [3.05, 3.63) is 0 Å². The molecule has 0 aromatic rings. The summed E-state index contributed by atoms with van der Waals surface area (Å²) in [6.45, 7) is 11.5. The van der Waals surface area contributed by atoms with Gasteiger partial charge in [-0.15, -0.1) is 0 Å². The van der Waals surface area contributed by atoms with Crippen LogP contribution in [-0.4, -0.2) is 43.6 Å². The number of amidine groups is 1. The molecule has 0 aliphatic carbocycles. The topological polar surface area (TPSA) is 62.3 Å². The van der Waals surface area contributed by atoms with Gasteiger partial charge in [0.2, 0.25) is 0 Å². The molecule has 0 aromatic carbocycles. The van der Waals surface area contributed by atoms with E-state index in [1.54, 1.807) is 7.11 Å². The lowest BCUT2D eigenvalue weighted by Gasteiger charge is -2.29. The number of hydrogen-bond acceptors (Lipinski definition) is 3. The molecule has 19 heavy (non-hydrogen) atoms. The minimum atomic E-state index is -0.159. The Labute approximate surface area is 119 Å². The number of rotatable bonds is 11. The SMILES string of the molecule is CCC(C)N(CCCCC(C)(C)C(=N)N)CCOC. The maximum Gasteiger partial charge on any atom is 0.0963 e. The van der Waals surface area contributed by atoms with Crippen molar-refractivity contribution in [2.24, 2.45) is 11.1 Å². The Kier molecular flexibility index (Phi) is 9.02. The summed E-state index contributed by atoms with van der Waals surface area (Å²) in [5.74, 6) is 0.297. The lowest BCUT2D eigenvalue weighted by atomic mass is 9.86. The van der Waals surface area contributed by atoms with Gasteiger partial charge in [0.25, 0.3) is 0 Å². The molecule has 0 bridgehead atoms. The minimum Gasteiger partial charge on any atom is -0.387 e. The zero-order valence-corrected chi connectivity index (χ0v) is 13.5. The van der Waals surface area contributed by atoms with Crippen molar-refractivity contribution >= 4 is 5.84 Å². The number of hydrogen-bond donors (Lipinski definition) is 2. The fourth-order valence-electron chi connectivity index (χ4n) is 2.04.